The summed E-state index contributed by atoms with van der Waals surface area (Å²) in [6.07, 6.45) is 3.37. The Hall–Kier alpha value is -0.100. The molecule has 4 heteroatoms. The maximum atomic E-state index is 12.6. The van der Waals surface area contributed by atoms with Crippen molar-refractivity contribution < 1.29 is 8.42 Å². The van der Waals surface area contributed by atoms with Crippen molar-refractivity contribution >= 4 is 32.4 Å². The van der Waals surface area contributed by atoms with Gasteiger partial charge in [0.1, 0.15) is 0 Å². The number of hydrogen-bond acceptors (Lipinski definition) is 2. The van der Waals surface area contributed by atoms with Gasteiger partial charge < -0.3 is 0 Å². The molecule has 92 valence electrons. The average molecular weight is 362 g/mol. The van der Waals surface area contributed by atoms with Gasteiger partial charge in [0.05, 0.1) is 10.1 Å². The van der Waals surface area contributed by atoms with Crippen LogP contribution in [0.15, 0.2) is 35.2 Å². The molecule has 2 unspecified atom stereocenters. The fraction of sp³-hybridized carbons (Fsp3) is 0.538. The molecule has 0 radical (unpaired) electrons. The highest BCUT2D eigenvalue weighted by atomic mass is 127. The monoisotopic (exact) mass is 362 g/mol. The van der Waals surface area contributed by atoms with Crippen LogP contribution in [-0.4, -0.2) is 17.6 Å². The minimum absolute atomic E-state index is 0.111. The molecule has 3 rings (SSSR count). The summed E-state index contributed by atoms with van der Waals surface area (Å²) in [5.74, 6) is 0.777. The van der Waals surface area contributed by atoms with E-state index in [0.29, 0.717) is 20.7 Å². The van der Waals surface area contributed by atoms with E-state index in [-0.39, 0.29) is 5.25 Å². The molecule has 0 amide bonds. The Labute approximate surface area is 116 Å². The third-order valence-corrected chi connectivity index (χ3v) is 8.36. The molecule has 2 aliphatic rings. The second-order valence-electron chi connectivity index (χ2n) is 5.03. The molecule has 2 aliphatic carbocycles. The van der Waals surface area contributed by atoms with Gasteiger partial charge in [-0.3, -0.25) is 0 Å². The van der Waals surface area contributed by atoms with E-state index in [1.54, 1.807) is 12.1 Å². The standard InChI is InChI=1S/C13H15IO2S/c14-12-10-7-4-8-11(12)13(10)17(15,16)9-5-2-1-3-6-9/h1-3,5-6,10-13H,4,7-8H2/t10-,11+,12?,13?. The zero-order chi connectivity index (χ0) is 12.0. The van der Waals surface area contributed by atoms with Crippen molar-refractivity contribution in [3.63, 3.8) is 0 Å². The van der Waals surface area contributed by atoms with Crippen LogP contribution in [0.25, 0.3) is 0 Å². The van der Waals surface area contributed by atoms with Gasteiger partial charge in [0.2, 0.25) is 0 Å². The highest BCUT2D eigenvalue weighted by Gasteiger charge is 2.57. The van der Waals surface area contributed by atoms with Crippen molar-refractivity contribution in [3.8, 4) is 0 Å². The van der Waals surface area contributed by atoms with E-state index in [0.717, 1.165) is 12.8 Å². The van der Waals surface area contributed by atoms with Crippen LogP contribution in [0.2, 0.25) is 0 Å². The van der Waals surface area contributed by atoms with Crippen LogP contribution in [-0.2, 0) is 9.84 Å². The first-order valence-corrected chi connectivity index (χ1v) is 8.84. The molecular formula is C13H15IO2S. The van der Waals surface area contributed by atoms with Gasteiger partial charge in [-0.1, -0.05) is 47.2 Å². The Kier molecular flexibility index (Phi) is 2.97. The molecular weight excluding hydrogens is 347 g/mol. The molecule has 4 atom stereocenters. The van der Waals surface area contributed by atoms with Crippen molar-refractivity contribution in [1.29, 1.82) is 0 Å². The van der Waals surface area contributed by atoms with E-state index in [9.17, 15) is 8.42 Å². The van der Waals surface area contributed by atoms with Gasteiger partial charge in [0.25, 0.3) is 0 Å². The van der Waals surface area contributed by atoms with Crippen LogP contribution in [0.1, 0.15) is 19.3 Å². The lowest BCUT2D eigenvalue weighted by molar-refractivity contribution is 0.144. The summed E-state index contributed by atoms with van der Waals surface area (Å²) in [7, 11) is -3.10. The van der Waals surface area contributed by atoms with Crippen LogP contribution in [0.3, 0.4) is 0 Å². The smallest absolute Gasteiger partial charge is 0.181 e. The van der Waals surface area contributed by atoms with Gasteiger partial charge in [0.15, 0.2) is 9.84 Å². The van der Waals surface area contributed by atoms with Gasteiger partial charge >= 0.3 is 0 Å². The molecule has 0 heterocycles. The lowest BCUT2D eigenvalue weighted by Gasteiger charge is -2.53. The van der Waals surface area contributed by atoms with Crippen molar-refractivity contribution in [3.05, 3.63) is 30.3 Å². The number of sulfone groups is 1. The number of rotatable bonds is 2. The van der Waals surface area contributed by atoms with Crippen LogP contribution in [0, 0.1) is 11.8 Å². The van der Waals surface area contributed by atoms with Crippen molar-refractivity contribution in [2.45, 2.75) is 33.3 Å². The van der Waals surface area contributed by atoms with E-state index in [1.807, 2.05) is 18.2 Å². The molecule has 17 heavy (non-hydrogen) atoms. The summed E-state index contributed by atoms with van der Waals surface area (Å²) in [6, 6.07) is 8.94. The van der Waals surface area contributed by atoms with Crippen LogP contribution in [0.4, 0.5) is 0 Å². The van der Waals surface area contributed by atoms with E-state index in [4.69, 9.17) is 0 Å². The Bertz CT molecular complexity index is 499. The highest BCUT2D eigenvalue weighted by molar-refractivity contribution is 14.1. The van der Waals surface area contributed by atoms with Crippen molar-refractivity contribution in [2.24, 2.45) is 11.8 Å². The Morgan fingerprint density at radius 2 is 1.65 bits per heavy atom. The summed E-state index contributed by atoms with van der Waals surface area (Å²) in [4.78, 5) is 0.505. The summed E-state index contributed by atoms with van der Waals surface area (Å²) in [5.41, 5.74) is 0. The third-order valence-electron chi connectivity index (χ3n) is 4.17. The topological polar surface area (TPSA) is 34.1 Å². The minimum atomic E-state index is -3.10. The summed E-state index contributed by atoms with van der Waals surface area (Å²) < 4.78 is 25.7. The van der Waals surface area contributed by atoms with Crippen molar-refractivity contribution in [2.75, 3.05) is 0 Å². The Morgan fingerprint density at radius 3 is 2.18 bits per heavy atom. The second kappa shape index (κ2) is 4.23. The van der Waals surface area contributed by atoms with E-state index >= 15 is 0 Å². The second-order valence-corrected chi connectivity index (χ2v) is 8.57. The lowest BCUT2D eigenvalue weighted by atomic mass is 9.65. The fourth-order valence-corrected chi connectivity index (χ4v) is 7.87. The third kappa shape index (κ3) is 1.75. The number of hydrogen-bond donors (Lipinski definition) is 0. The SMILES string of the molecule is O=S(=O)(c1ccccc1)C1[C@@H]2CCC[C@H]1C2I. The fourth-order valence-electron chi connectivity index (χ4n) is 3.32. The maximum Gasteiger partial charge on any atom is 0.181 e. The molecule has 0 aliphatic heterocycles. The van der Waals surface area contributed by atoms with Crippen LogP contribution in [0.5, 0.6) is 0 Å². The summed E-state index contributed by atoms with van der Waals surface area (Å²) in [5, 5.41) is -0.111. The number of benzene rings is 1. The zero-order valence-corrected chi connectivity index (χ0v) is 12.4. The predicted molar refractivity (Wildman–Crippen MR) is 76.1 cm³/mol. The van der Waals surface area contributed by atoms with Gasteiger partial charge in [-0.05, 0) is 36.8 Å². The van der Waals surface area contributed by atoms with E-state index in [2.05, 4.69) is 22.6 Å². The molecule has 1 aromatic rings. The highest BCUT2D eigenvalue weighted by Crippen LogP contribution is 2.54. The predicted octanol–water partition coefficient (Wildman–Crippen LogP) is 3.06. The largest absolute Gasteiger partial charge is 0.223 e. The molecule has 1 aromatic carbocycles. The van der Waals surface area contributed by atoms with Gasteiger partial charge in [-0.2, -0.15) is 0 Å². The summed E-state index contributed by atoms with van der Waals surface area (Å²) in [6.45, 7) is 0. The molecule has 0 saturated heterocycles. The first kappa shape index (κ1) is 12.0. The molecule has 2 bridgehead atoms. The maximum absolute atomic E-state index is 12.6. The van der Waals surface area contributed by atoms with Gasteiger partial charge in [-0.25, -0.2) is 8.42 Å². The Morgan fingerprint density at radius 1 is 1.06 bits per heavy atom. The molecule has 2 fully saturated rings. The summed E-state index contributed by atoms with van der Waals surface area (Å²) >= 11 is 2.44. The average Bonchev–Trinajstić information content (AvgIpc) is 2.38. The minimum Gasteiger partial charge on any atom is -0.223 e. The molecule has 0 N–H and O–H groups in total. The molecule has 0 aromatic heterocycles. The quantitative estimate of drug-likeness (QED) is 0.599. The normalized spacial score (nSPS) is 36.3. The van der Waals surface area contributed by atoms with E-state index in [1.165, 1.54) is 6.42 Å². The first-order valence-electron chi connectivity index (χ1n) is 6.05. The van der Waals surface area contributed by atoms with E-state index < -0.39 is 9.84 Å². The van der Waals surface area contributed by atoms with Crippen LogP contribution < -0.4 is 0 Å². The van der Waals surface area contributed by atoms with Crippen LogP contribution >= 0.6 is 22.6 Å². The van der Waals surface area contributed by atoms with Crippen molar-refractivity contribution in [1.82, 2.24) is 0 Å². The van der Waals surface area contributed by atoms with Gasteiger partial charge in [-0.15, -0.1) is 0 Å². The lowest BCUT2D eigenvalue weighted by Crippen LogP contribution is -2.58. The number of alkyl halides is 1. The zero-order valence-electron chi connectivity index (χ0n) is 9.42. The molecule has 2 saturated carbocycles. The number of halogens is 1. The first-order chi connectivity index (χ1) is 8.12. The molecule has 0 spiro atoms. The van der Waals surface area contributed by atoms with Gasteiger partial charge in [0, 0.05) is 3.92 Å². The molecule has 2 nitrogen and oxygen atoms in total. The Balaban J connectivity index is 1.96. The number of fused-ring (bicyclic) bond motifs is 2.